The molecule has 168 valence electrons. The van der Waals surface area contributed by atoms with Crippen molar-refractivity contribution in [3.05, 3.63) is 99.3 Å². The Labute approximate surface area is 194 Å². The lowest BCUT2D eigenvalue weighted by molar-refractivity contribution is 0.0814. The van der Waals surface area contributed by atoms with Gasteiger partial charge in [-0.3, -0.25) is 4.79 Å². The monoisotopic (exact) mass is 439 g/mol. The van der Waals surface area contributed by atoms with E-state index in [-0.39, 0.29) is 11.7 Å². The maximum atomic E-state index is 13.8. The van der Waals surface area contributed by atoms with E-state index in [2.05, 4.69) is 38.1 Å². The van der Waals surface area contributed by atoms with Crippen LogP contribution in [-0.2, 0) is 11.3 Å². The molecule has 4 aromatic rings. The summed E-state index contributed by atoms with van der Waals surface area (Å²) in [5.41, 5.74) is 6.54. The van der Waals surface area contributed by atoms with E-state index in [1.54, 1.807) is 7.11 Å². The standard InChI is InChI=1S/C29H29NO3/c1-4-5-16-33-28-23-9-7-6-8-22(23)27-26(28)25-17-19(2)10-15-24(25)29(31)30(27)18-20-11-13-21(32-3)14-12-20/h6-15,17,28H,4-5,16,18H2,1-3H3. The zero-order valence-corrected chi connectivity index (χ0v) is 19.4. The molecule has 0 fully saturated rings. The molecule has 0 spiro atoms. The van der Waals surface area contributed by atoms with Gasteiger partial charge in [0.1, 0.15) is 11.9 Å². The van der Waals surface area contributed by atoms with Crippen molar-refractivity contribution in [1.82, 2.24) is 4.57 Å². The Balaban J connectivity index is 1.76. The van der Waals surface area contributed by atoms with Gasteiger partial charge >= 0.3 is 0 Å². The second-order valence-electron chi connectivity index (χ2n) is 8.74. The molecule has 0 saturated carbocycles. The van der Waals surface area contributed by atoms with Crippen LogP contribution >= 0.6 is 0 Å². The molecule has 1 unspecified atom stereocenters. The fourth-order valence-corrected chi connectivity index (χ4v) is 4.82. The molecule has 0 aliphatic heterocycles. The van der Waals surface area contributed by atoms with Crippen LogP contribution in [0.4, 0.5) is 0 Å². The second kappa shape index (κ2) is 8.87. The van der Waals surface area contributed by atoms with Crippen LogP contribution in [0.5, 0.6) is 5.75 Å². The third-order valence-corrected chi connectivity index (χ3v) is 6.51. The highest BCUT2D eigenvalue weighted by Gasteiger charge is 2.34. The number of hydrogen-bond donors (Lipinski definition) is 0. The van der Waals surface area contributed by atoms with Crippen molar-refractivity contribution in [2.45, 2.75) is 39.3 Å². The Bertz CT molecular complexity index is 1370. The van der Waals surface area contributed by atoms with Gasteiger partial charge in [0.05, 0.1) is 19.3 Å². The molecule has 33 heavy (non-hydrogen) atoms. The number of unbranched alkanes of at least 4 members (excludes halogenated alkanes) is 1. The van der Waals surface area contributed by atoms with Gasteiger partial charge in [-0.15, -0.1) is 0 Å². The third kappa shape index (κ3) is 3.75. The van der Waals surface area contributed by atoms with Gasteiger partial charge in [-0.1, -0.05) is 67.4 Å². The fourth-order valence-electron chi connectivity index (χ4n) is 4.82. The minimum atomic E-state index is -0.172. The lowest BCUT2D eigenvalue weighted by Crippen LogP contribution is -2.24. The van der Waals surface area contributed by atoms with E-state index in [4.69, 9.17) is 9.47 Å². The van der Waals surface area contributed by atoms with Gasteiger partial charge < -0.3 is 14.0 Å². The smallest absolute Gasteiger partial charge is 0.259 e. The summed E-state index contributed by atoms with van der Waals surface area (Å²) in [6.45, 7) is 5.43. The molecule has 0 radical (unpaired) electrons. The van der Waals surface area contributed by atoms with Crippen LogP contribution in [-0.4, -0.2) is 18.3 Å². The molecule has 5 rings (SSSR count). The molecule has 1 heterocycles. The number of fused-ring (bicyclic) bond motifs is 5. The van der Waals surface area contributed by atoms with Gasteiger partial charge in [0, 0.05) is 23.1 Å². The van der Waals surface area contributed by atoms with E-state index in [1.165, 1.54) is 0 Å². The largest absolute Gasteiger partial charge is 0.497 e. The molecule has 4 heteroatoms. The van der Waals surface area contributed by atoms with Crippen molar-refractivity contribution < 1.29 is 9.47 Å². The van der Waals surface area contributed by atoms with Crippen molar-refractivity contribution in [2.75, 3.05) is 13.7 Å². The first-order chi connectivity index (χ1) is 16.1. The lowest BCUT2D eigenvalue weighted by atomic mass is 9.99. The number of benzene rings is 3. The van der Waals surface area contributed by atoms with Crippen molar-refractivity contribution >= 4 is 10.8 Å². The third-order valence-electron chi connectivity index (χ3n) is 6.51. The Morgan fingerprint density at radius 1 is 0.970 bits per heavy atom. The van der Waals surface area contributed by atoms with Crippen molar-refractivity contribution in [3.63, 3.8) is 0 Å². The average molecular weight is 440 g/mol. The van der Waals surface area contributed by atoms with E-state index in [0.29, 0.717) is 13.2 Å². The average Bonchev–Trinajstić information content (AvgIpc) is 3.17. The van der Waals surface area contributed by atoms with E-state index < -0.39 is 0 Å². The highest BCUT2D eigenvalue weighted by molar-refractivity contribution is 5.94. The summed E-state index contributed by atoms with van der Waals surface area (Å²) in [5, 5.41) is 1.74. The highest BCUT2D eigenvalue weighted by Crippen LogP contribution is 2.47. The highest BCUT2D eigenvalue weighted by atomic mass is 16.5. The minimum absolute atomic E-state index is 0.0311. The molecule has 1 aliphatic rings. The zero-order valence-electron chi connectivity index (χ0n) is 19.4. The molecule has 0 saturated heterocycles. The number of hydrogen-bond acceptors (Lipinski definition) is 3. The van der Waals surface area contributed by atoms with Crippen molar-refractivity contribution in [2.24, 2.45) is 0 Å². The number of aryl methyl sites for hydroxylation is 1. The Morgan fingerprint density at radius 3 is 2.52 bits per heavy atom. The summed E-state index contributed by atoms with van der Waals surface area (Å²) in [6, 6.07) is 22.4. The molecular formula is C29H29NO3. The van der Waals surface area contributed by atoms with Crippen molar-refractivity contribution in [3.8, 4) is 17.0 Å². The number of rotatable bonds is 7. The van der Waals surface area contributed by atoms with Crippen LogP contribution in [0.15, 0.2) is 71.5 Å². The topological polar surface area (TPSA) is 40.5 Å². The molecular weight excluding hydrogens is 410 g/mol. The molecule has 1 aromatic heterocycles. The van der Waals surface area contributed by atoms with Gasteiger partial charge in [-0.2, -0.15) is 0 Å². The van der Waals surface area contributed by atoms with Crippen LogP contribution in [0.1, 0.15) is 48.1 Å². The maximum absolute atomic E-state index is 13.8. The van der Waals surface area contributed by atoms with Gasteiger partial charge in [-0.05, 0) is 48.1 Å². The number of methoxy groups -OCH3 is 1. The van der Waals surface area contributed by atoms with Crippen LogP contribution in [0.2, 0.25) is 0 Å². The van der Waals surface area contributed by atoms with E-state index >= 15 is 0 Å². The summed E-state index contributed by atoms with van der Waals surface area (Å²) in [6.07, 6.45) is 1.92. The minimum Gasteiger partial charge on any atom is -0.497 e. The number of ether oxygens (including phenoxy) is 2. The zero-order chi connectivity index (χ0) is 22.9. The summed E-state index contributed by atoms with van der Waals surface area (Å²) < 4.78 is 13.7. The first-order valence-corrected chi connectivity index (χ1v) is 11.6. The summed E-state index contributed by atoms with van der Waals surface area (Å²) in [7, 11) is 1.66. The molecule has 1 atom stereocenters. The number of aromatic nitrogens is 1. The normalized spacial score (nSPS) is 14.3. The van der Waals surface area contributed by atoms with Crippen LogP contribution in [0.3, 0.4) is 0 Å². The molecule has 1 aliphatic carbocycles. The summed E-state index contributed by atoms with van der Waals surface area (Å²) in [4.78, 5) is 13.8. The van der Waals surface area contributed by atoms with Crippen LogP contribution in [0.25, 0.3) is 22.0 Å². The summed E-state index contributed by atoms with van der Waals surface area (Å²) in [5.74, 6) is 0.806. The van der Waals surface area contributed by atoms with Gasteiger partial charge in [-0.25, -0.2) is 0 Å². The Hall–Kier alpha value is -3.37. The first-order valence-electron chi connectivity index (χ1n) is 11.6. The summed E-state index contributed by atoms with van der Waals surface area (Å²) >= 11 is 0. The SMILES string of the molecule is CCCCOC1c2ccccc2-c2c1c1cc(C)ccc1c(=O)n2Cc1ccc(OC)cc1. The van der Waals surface area contributed by atoms with Gasteiger partial charge in [0.2, 0.25) is 0 Å². The second-order valence-corrected chi connectivity index (χ2v) is 8.74. The maximum Gasteiger partial charge on any atom is 0.259 e. The lowest BCUT2D eigenvalue weighted by Gasteiger charge is -2.19. The van der Waals surface area contributed by atoms with E-state index in [9.17, 15) is 4.79 Å². The van der Waals surface area contributed by atoms with Crippen molar-refractivity contribution in [1.29, 1.82) is 0 Å². The van der Waals surface area contributed by atoms with Gasteiger partial charge in [0.25, 0.3) is 5.56 Å². The van der Waals surface area contributed by atoms with Gasteiger partial charge in [0.15, 0.2) is 0 Å². The predicted octanol–water partition coefficient (Wildman–Crippen LogP) is 6.25. The Kier molecular flexibility index (Phi) is 5.77. The molecule has 4 nitrogen and oxygen atoms in total. The number of nitrogens with zero attached hydrogens (tertiary/aromatic N) is 1. The molecule has 0 amide bonds. The quantitative estimate of drug-likeness (QED) is 0.319. The van der Waals surface area contributed by atoms with Crippen LogP contribution < -0.4 is 10.3 Å². The van der Waals surface area contributed by atoms with Crippen LogP contribution in [0, 0.1) is 6.92 Å². The Morgan fingerprint density at radius 2 is 1.76 bits per heavy atom. The number of pyridine rings is 1. The molecule has 0 N–H and O–H groups in total. The molecule has 3 aromatic carbocycles. The predicted molar refractivity (Wildman–Crippen MR) is 133 cm³/mol. The first kappa shape index (κ1) is 21.5. The van der Waals surface area contributed by atoms with E-state index in [0.717, 1.165) is 62.9 Å². The van der Waals surface area contributed by atoms with E-state index in [1.807, 2.05) is 47.0 Å². The molecule has 0 bridgehead atoms. The fraction of sp³-hybridized carbons (Fsp3) is 0.276.